The Hall–Kier alpha value is -3.28. The first kappa shape index (κ1) is 26.3. The van der Waals surface area contributed by atoms with Gasteiger partial charge < -0.3 is 21.3 Å². The molecule has 3 fully saturated rings. The lowest BCUT2D eigenvalue weighted by atomic mass is 10.1. The number of hydrogen-bond donors (Lipinski definition) is 3. The molecule has 11 nitrogen and oxygen atoms in total. The lowest BCUT2D eigenvalue weighted by molar-refractivity contribution is -0.137. The van der Waals surface area contributed by atoms with E-state index in [1.54, 1.807) is 35.9 Å². The first-order valence-corrected chi connectivity index (χ1v) is 13.3. The third-order valence-corrected chi connectivity index (χ3v) is 8.10. The smallest absolute Gasteiger partial charge is 0.338 e. The average molecular weight is 523 g/mol. The molecule has 0 bridgehead atoms. The van der Waals surface area contributed by atoms with Crippen molar-refractivity contribution < 1.29 is 9.59 Å². The lowest BCUT2D eigenvalue weighted by Crippen LogP contribution is -2.58. The van der Waals surface area contributed by atoms with Gasteiger partial charge in [-0.15, -0.1) is 0 Å². The van der Waals surface area contributed by atoms with E-state index >= 15 is 0 Å². The largest absolute Gasteiger partial charge is 0.354 e. The molecule has 11 heteroatoms. The Labute approximate surface area is 222 Å². The first-order valence-electron chi connectivity index (χ1n) is 13.3. The number of anilines is 1. The molecule has 0 spiro atoms. The van der Waals surface area contributed by atoms with Gasteiger partial charge in [0.2, 0.25) is 5.91 Å². The van der Waals surface area contributed by atoms with Gasteiger partial charge in [-0.1, -0.05) is 12.1 Å². The third-order valence-electron chi connectivity index (χ3n) is 8.10. The fraction of sp³-hybridized carbons (Fsp3) is 0.556. The van der Waals surface area contributed by atoms with Crippen LogP contribution in [0.5, 0.6) is 0 Å². The van der Waals surface area contributed by atoms with E-state index in [4.69, 9.17) is 11.5 Å². The summed E-state index contributed by atoms with van der Waals surface area (Å²) in [6.07, 6.45) is 2.56. The normalized spacial score (nSPS) is 24.2. The van der Waals surface area contributed by atoms with Crippen LogP contribution in [0.1, 0.15) is 26.3 Å². The summed E-state index contributed by atoms with van der Waals surface area (Å²) in [7, 11) is 0. The maximum atomic E-state index is 12.7. The number of likely N-dealkylation sites (tertiary alicyclic amines) is 1. The zero-order chi connectivity index (χ0) is 27.2. The topological polar surface area (TPSA) is 143 Å². The van der Waals surface area contributed by atoms with E-state index in [9.17, 15) is 14.4 Å². The number of benzene rings is 1. The predicted molar refractivity (Wildman–Crippen MR) is 145 cm³/mol. The minimum Gasteiger partial charge on any atom is -0.338 e. The van der Waals surface area contributed by atoms with Gasteiger partial charge in [0, 0.05) is 57.5 Å². The Morgan fingerprint density at radius 2 is 1.66 bits per heavy atom. The molecule has 2 saturated heterocycles. The van der Waals surface area contributed by atoms with Gasteiger partial charge in [0.05, 0.1) is 11.2 Å². The Balaban J connectivity index is 1.14. The highest BCUT2D eigenvalue weighted by atomic mass is 16.2. The van der Waals surface area contributed by atoms with Gasteiger partial charge in [-0.2, -0.15) is 4.98 Å². The molecule has 1 aliphatic carbocycles. The molecule has 0 radical (unpaired) electrons. The monoisotopic (exact) mass is 522 g/mol. The molecule has 5 rings (SSSR count). The minimum atomic E-state index is -0.944. The fourth-order valence-corrected chi connectivity index (χ4v) is 5.61. The first-order chi connectivity index (χ1) is 18.0. The summed E-state index contributed by atoms with van der Waals surface area (Å²) >= 11 is 0. The molecule has 1 saturated carbocycles. The second-order valence-electron chi connectivity index (χ2n) is 11.5. The Bertz CT molecular complexity index is 1230. The van der Waals surface area contributed by atoms with E-state index < -0.39 is 11.2 Å². The summed E-state index contributed by atoms with van der Waals surface area (Å²) in [4.78, 5) is 47.6. The van der Waals surface area contributed by atoms with Crippen molar-refractivity contribution in [2.75, 3.05) is 44.6 Å². The number of urea groups is 1. The summed E-state index contributed by atoms with van der Waals surface area (Å²) in [5.74, 6) is 1.40. The zero-order valence-corrected chi connectivity index (χ0v) is 22.3. The summed E-state index contributed by atoms with van der Waals surface area (Å²) in [6.45, 7) is 9.36. The van der Waals surface area contributed by atoms with Crippen molar-refractivity contribution in [2.45, 2.75) is 44.8 Å². The van der Waals surface area contributed by atoms with Crippen LogP contribution in [0.25, 0.3) is 5.69 Å². The quantitative estimate of drug-likeness (QED) is 0.500. The summed E-state index contributed by atoms with van der Waals surface area (Å²) < 4.78 is 1.46. The molecule has 1 aromatic heterocycles. The van der Waals surface area contributed by atoms with Gasteiger partial charge in [-0.05, 0) is 62.8 Å². The van der Waals surface area contributed by atoms with Gasteiger partial charge in [-0.25, -0.2) is 9.59 Å². The maximum Gasteiger partial charge on any atom is 0.354 e. The number of aromatic nitrogens is 2. The van der Waals surface area contributed by atoms with Crippen molar-refractivity contribution in [3.63, 3.8) is 0 Å². The number of nitrogens with two attached hydrogens (primary N) is 2. The van der Waals surface area contributed by atoms with Crippen LogP contribution in [0, 0.1) is 11.8 Å². The highest BCUT2D eigenvalue weighted by molar-refractivity contribution is 5.89. The number of amides is 3. The molecule has 3 unspecified atom stereocenters. The van der Waals surface area contributed by atoms with Gasteiger partial charge in [0.1, 0.15) is 5.82 Å². The Kier molecular flexibility index (Phi) is 7.01. The molecule has 204 valence electrons. The minimum absolute atomic E-state index is 0.140. The number of rotatable bonds is 6. The van der Waals surface area contributed by atoms with Crippen molar-refractivity contribution in [2.24, 2.45) is 23.3 Å². The number of nitrogens with zero attached hydrogens (tertiary/aromatic N) is 5. The van der Waals surface area contributed by atoms with Crippen molar-refractivity contribution in [1.82, 2.24) is 24.3 Å². The van der Waals surface area contributed by atoms with Crippen molar-refractivity contribution >= 4 is 17.8 Å². The van der Waals surface area contributed by atoms with Crippen LogP contribution in [0.3, 0.4) is 0 Å². The lowest BCUT2D eigenvalue weighted by Gasteiger charge is -2.37. The highest BCUT2D eigenvalue weighted by Crippen LogP contribution is 2.44. The number of carbonyl (C=O) groups excluding carboxylic acids is 2. The second-order valence-corrected chi connectivity index (χ2v) is 11.5. The molecule has 1 aromatic carbocycles. The summed E-state index contributed by atoms with van der Waals surface area (Å²) in [5.41, 5.74) is 12.5. The average Bonchev–Trinajstić information content (AvgIpc) is 3.26. The molecule has 5 N–H and O–H groups in total. The Morgan fingerprint density at radius 3 is 2.24 bits per heavy atom. The van der Waals surface area contributed by atoms with E-state index in [1.165, 1.54) is 10.1 Å². The standard InChI is InChI=1S/C27H38N8O3/c1-17(34-15-20-21(16-34)23(20)28)14-18-4-6-19(7-5-18)35-9-8-22(31-26(35)38)30-25(37)33-12-10-32(11-13-33)24(36)27(2,3)29/h4-9,17,20-21,23H,10-16,28-29H2,1-3H3,(H,30,31,37,38). The number of piperidine rings is 1. The number of piperazine rings is 1. The molecule has 3 amide bonds. The number of hydrogen-bond acceptors (Lipinski definition) is 7. The van der Waals surface area contributed by atoms with Crippen LogP contribution in [0.15, 0.2) is 41.3 Å². The molecule has 3 atom stereocenters. The maximum absolute atomic E-state index is 12.7. The van der Waals surface area contributed by atoms with Crippen molar-refractivity contribution in [1.29, 1.82) is 0 Å². The number of fused-ring (bicyclic) bond motifs is 1. The van der Waals surface area contributed by atoms with Gasteiger partial charge in [0.15, 0.2) is 0 Å². The van der Waals surface area contributed by atoms with Crippen molar-refractivity contribution in [3.05, 3.63) is 52.6 Å². The molecule has 38 heavy (non-hydrogen) atoms. The van der Waals surface area contributed by atoms with Crippen LogP contribution in [-0.4, -0.2) is 93.1 Å². The van der Waals surface area contributed by atoms with Gasteiger partial charge in [-0.3, -0.25) is 19.6 Å². The van der Waals surface area contributed by atoms with Crippen LogP contribution < -0.4 is 22.5 Å². The Morgan fingerprint density at radius 1 is 1.05 bits per heavy atom. The number of carbonyl (C=O) groups is 2. The predicted octanol–water partition coefficient (Wildman–Crippen LogP) is 0.466. The van der Waals surface area contributed by atoms with E-state index in [1.807, 2.05) is 24.3 Å². The highest BCUT2D eigenvalue weighted by Gasteiger charge is 2.54. The van der Waals surface area contributed by atoms with E-state index in [-0.39, 0.29) is 17.8 Å². The number of nitrogens with one attached hydrogen (secondary N) is 1. The van der Waals surface area contributed by atoms with Crippen LogP contribution in [-0.2, 0) is 11.2 Å². The summed E-state index contributed by atoms with van der Waals surface area (Å²) in [5, 5.41) is 2.69. The van der Waals surface area contributed by atoms with E-state index in [0.29, 0.717) is 55.8 Å². The van der Waals surface area contributed by atoms with E-state index in [0.717, 1.165) is 19.5 Å². The third kappa shape index (κ3) is 5.45. The van der Waals surface area contributed by atoms with Gasteiger partial charge >= 0.3 is 11.7 Å². The van der Waals surface area contributed by atoms with Crippen molar-refractivity contribution in [3.8, 4) is 5.69 Å². The fourth-order valence-electron chi connectivity index (χ4n) is 5.61. The van der Waals surface area contributed by atoms with Gasteiger partial charge in [0.25, 0.3) is 0 Å². The van der Waals surface area contributed by atoms with Crippen LogP contribution >= 0.6 is 0 Å². The SMILES string of the molecule is CC(Cc1ccc(-n2ccc(NC(=O)N3CCN(C(=O)C(C)(C)N)CC3)nc2=O)cc1)N1CC2C(N)C2C1. The molecule has 2 aliphatic heterocycles. The molecular formula is C27H38N8O3. The molecule has 3 aliphatic rings. The van der Waals surface area contributed by atoms with Crippen LogP contribution in [0.4, 0.5) is 10.6 Å². The van der Waals surface area contributed by atoms with Crippen LogP contribution in [0.2, 0.25) is 0 Å². The second kappa shape index (κ2) is 10.1. The zero-order valence-electron chi connectivity index (χ0n) is 22.3. The molecule has 2 aromatic rings. The summed E-state index contributed by atoms with van der Waals surface area (Å²) in [6, 6.07) is 10.0. The van der Waals surface area contributed by atoms with E-state index in [2.05, 4.69) is 22.1 Å². The molecule has 3 heterocycles. The molecular weight excluding hydrogens is 484 g/mol.